The number of hydrogen-bond acceptors (Lipinski definition) is 1. The van der Waals surface area contributed by atoms with Crippen LogP contribution in [0.25, 0.3) is 0 Å². The second kappa shape index (κ2) is 3.50. The van der Waals surface area contributed by atoms with E-state index in [1.54, 1.807) is 0 Å². The Bertz CT molecular complexity index is 428. The van der Waals surface area contributed by atoms with Gasteiger partial charge in [-0.1, -0.05) is 11.6 Å². The first-order chi connectivity index (χ1) is 6.68. The predicted molar refractivity (Wildman–Crippen MR) is 56.5 cm³/mol. The third-order valence-electron chi connectivity index (χ3n) is 2.26. The summed E-state index contributed by atoms with van der Waals surface area (Å²) in [5, 5.41) is 5.03. The van der Waals surface area contributed by atoms with Crippen molar-refractivity contribution in [1.29, 1.82) is 0 Å². The van der Waals surface area contributed by atoms with Gasteiger partial charge in [-0.25, -0.2) is 0 Å². The Labute approximate surface area is 87.9 Å². The monoisotopic (exact) mass is 209 g/mol. The topological polar surface area (TPSA) is 22.8 Å². The summed E-state index contributed by atoms with van der Waals surface area (Å²) in [5.74, 6) is 0. The lowest BCUT2D eigenvalue weighted by Crippen LogP contribution is -2.03. The van der Waals surface area contributed by atoms with Gasteiger partial charge in [-0.2, -0.15) is 5.10 Å². The van der Waals surface area contributed by atoms with Gasteiger partial charge in [0.2, 0.25) is 0 Å². The normalized spacial score (nSPS) is 10.8. The maximum Gasteiger partial charge on any atom is 0.0865 e. The fourth-order valence-corrected chi connectivity index (χ4v) is 1.72. The summed E-state index contributed by atoms with van der Waals surface area (Å²) in [6.45, 7) is 2.69. The molecule has 0 N–H and O–H groups in total. The molecule has 0 aliphatic heterocycles. The second-order valence-corrected chi connectivity index (χ2v) is 3.70. The molecule has 2 rings (SSSR count). The quantitative estimate of drug-likeness (QED) is 0.744. The summed E-state index contributed by atoms with van der Waals surface area (Å²) in [5.41, 5.74) is 1.93. The van der Waals surface area contributed by atoms with Gasteiger partial charge in [0.05, 0.1) is 23.0 Å². The first kappa shape index (κ1) is 9.34. The summed E-state index contributed by atoms with van der Waals surface area (Å²) in [6.07, 6.45) is 4.03. The van der Waals surface area contributed by atoms with E-state index in [-0.39, 0.29) is 0 Å². The van der Waals surface area contributed by atoms with Crippen molar-refractivity contribution in [2.45, 2.75) is 13.5 Å². The van der Waals surface area contributed by atoms with Crippen LogP contribution in [0.5, 0.6) is 0 Å². The van der Waals surface area contributed by atoms with E-state index in [9.17, 15) is 0 Å². The van der Waals surface area contributed by atoms with Crippen LogP contribution in [0.15, 0.2) is 24.5 Å². The van der Waals surface area contributed by atoms with E-state index >= 15 is 0 Å². The van der Waals surface area contributed by atoms with Crippen LogP contribution in [0.4, 0.5) is 0 Å². The Balaban J connectivity index is 2.33. The highest BCUT2D eigenvalue weighted by atomic mass is 35.5. The molecule has 0 saturated heterocycles. The van der Waals surface area contributed by atoms with Gasteiger partial charge in [-0.3, -0.25) is 4.68 Å². The first-order valence-electron chi connectivity index (χ1n) is 4.47. The van der Waals surface area contributed by atoms with Crippen LogP contribution in [-0.4, -0.2) is 14.3 Å². The maximum absolute atomic E-state index is 6.13. The van der Waals surface area contributed by atoms with Crippen LogP contribution in [0.3, 0.4) is 0 Å². The van der Waals surface area contributed by atoms with Gasteiger partial charge in [-0.15, -0.1) is 0 Å². The molecule has 0 atom stereocenters. The lowest BCUT2D eigenvalue weighted by Gasteiger charge is -2.03. The van der Waals surface area contributed by atoms with E-state index in [1.165, 1.54) is 0 Å². The van der Waals surface area contributed by atoms with E-state index < -0.39 is 0 Å². The molecule has 14 heavy (non-hydrogen) atoms. The number of halogens is 1. The number of aryl methyl sites for hydroxylation is 2. The SMILES string of the molecule is Cc1nn(C)c(Cn2cccc2)c1Cl. The molecule has 0 aromatic carbocycles. The minimum absolute atomic E-state index is 0.765. The van der Waals surface area contributed by atoms with Crippen LogP contribution >= 0.6 is 11.6 Å². The highest BCUT2D eigenvalue weighted by Gasteiger charge is 2.10. The second-order valence-electron chi connectivity index (χ2n) is 3.33. The van der Waals surface area contributed by atoms with Crippen LogP contribution in [0.2, 0.25) is 5.02 Å². The molecular weight excluding hydrogens is 198 g/mol. The number of hydrogen-bond donors (Lipinski definition) is 0. The molecule has 3 nitrogen and oxygen atoms in total. The molecule has 0 aliphatic carbocycles. The summed E-state index contributed by atoms with van der Waals surface area (Å²) in [7, 11) is 1.91. The van der Waals surface area contributed by atoms with Gasteiger partial charge < -0.3 is 4.57 Å². The Morgan fingerprint density at radius 1 is 1.36 bits per heavy atom. The van der Waals surface area contributed by atoms with E-state index in [2.05, 4.69) is 9.67 Å². The Morgan fingerprint density at radius 2 is 2.00 bits per heavy atom. The summed E-state index contributed by atoms with van der Waals surface area (Å²) in [4.78, 5) is 0. The van der Waals surface area contributed by atoms with Crippen molar-refractivity contribution < 1.29 is 0 Å². The first-order valence-corrected chi connectivity index (χ1v) is 4.85. The smallest absolute Gasteiger partial charge is 0.0865 e. The van der Waals surface area contributed by atoms with Crippen molar-refractivity contribution in [3.63, 3.8) is 0 Å². The lowest BCUT2D eigenvalue weighted by molar-refractivity contribution is 0.665. The number of rotatable bonds is 2. The molecule has 0 spiro atoms. The van der Waals surface area contributed by atoms with Crippen LogP contribution in [0, 0.1) is 6.92 Å². The predicted octanol–water partition coefficient (Wildman–Crippen LogP) is 2.23. The van der Waals surface area contributed by atoms with Gasteiger partial charge in [-0.05, 0) is 19.1 Å². The summed E-state index contributed by atoms with van der Waals surface area (Å²) in [6, 6.07) is 3.99. The molecule has 4 heteroatoms. The Hall–Kier alpha value is -1.22. The highest BCUT2D eigenvalue weighted by Crippen LogP contribution is 2.20. The molecule has 0 saturated carbocycles. The number of aromatic nitrogens is 3. The summed E-state index contributed by atoms with van der Waals surface area (Å²) >= 11 is 6.13. The molecule has 0 unspecified atom stereocenters. The molecular formula is C10H12ClN3. The molecule has 2 aromatic rings. The van der Waals surface area contributed by atoms with Crippen molar-refractivity contribution >= 4 is 11.6 Å². The van der Waals surface area contributed by atoms with E-state index in [0.29, 0.717) is 0 Å². The van der Waals surface area contributed by atoms with Gasteiger partial charge in [0.15, 0.2) is 0 Å². The van der Waals surface area contributed by atoms with Crippen molar-refractivity contribution in [3.05, 3.63) is 40.9 Å². The molecule has 0 fully saturated rings. The summed E-state index contributed by atoms with van der Waals surface area (Å²) < 4.78 is 3.90. The fourth-order valence-electron chi connectivity index (χ4n) is 1.50. The molecule has 0 amide bonds. The largest absolute Gasteiger partial charge is 0.348 e. The van der Waals surface area contributed by atoms with Crippen LogP contribution in [-0.2, 0) is 13.6 Å². The molecule has 74 valence electrons. The zero-order valence-electron chi connectivity index (χ0n) is 8.24. The zero-order valence-corrected chi connectivity index (χ0v) is 8.99. The minimum atomic E-state index is 0.765. The van der Waals surface area contributed by atoms with Gasteiger partial charge in [0, 0.05) is 19.4 Å². The van der Waals surface area contributed by atoms with E-state index in [4.69, 9.17) is 11.6 Å². The van der Waals surface area contributed by atoms with E-state index in [0.717, 1.165) is 23.0 Å². The standard InChI is InChI=1S/C10H12ClN3/c1-8-10(11)9(13(2)12-8)7-14-5-3-4-6-14/h3-6H,7H2,1-2H3. The van der Waals surface area contributed by atoms with Crippen molar-refractivity contribution in [1.82, 2.24) is 14.3 Å². The molecule has 0 radical (unpaired) electrons. The Morgan fingerprint density at radius 3 is 2.50 bits per heavy atom. The molecule has 0 aliphatic rings. The van der Waals surface area contributed by atoms with Crippen molar-refractivity contribution in [3.8, 4) is 0 Å². The average molecular weight is 210 g/mol. The fraction of sp³-hybridized carbons (Fsp3) is 0.300. The highest BCUT2D eigenvalue weighted by molar-refractivity contribution is 6.31. The number of nitrogens with zero attached hydrogens (tertiary/aromatic N) is 3. The molecule has 0 bridgehead atoms. The van der Waals surface area contributed by atoms with Gasteiger partial charge in [0.1, 0.15) is 0 Å². The maximum atomic E-state index is 6.13. The van der Waals surface area contributed by atoms with Crippen LogP contribution in [0.1, 0.15) is 11.4 Å². The molecule has 2 heterocycles. The third-order valence-corrected chi connectivity index (χ3v) is 2.75. The Kier molecular flexibility index (Phi) is 2.33. The van der Waals surface area contributed by atoms with Crippen LogP contribution < -0.4 is 0 Å². The minimum Gasteiger partial charge on any atom is -0.348 e. The van der Waals surface area contributed by atoms with Gasteiger partial charge in [0.25, 0.3) is 0 Å². The average Bonchev–Trinajstić information content (AvgIpc) is 2.71. The van der Waals surface area contributed by atoms with E-state index in [1.807, 2.05) is 43.2 Å². The van der Waals surface area contributed by atoms with Gasteiger partial charge >= 0.3 is 0 Å². The van der Waals surface area contributed by atoms with Crippen molar-refractivity contribution in [2.75, 3.05) is 0 Å². The van der Waals surface area contributed by atoms with Crippen molar-refractivity contribution in [2.24, 2.45) is 7.05 Å². The zero-order chi connectivity index (χ0) is 10.1. The molecule has 2 aromatic heterocycles. The third kappa shape index (κ3) is 1.55. The lowest BCUT2D eigenvalue weighted by atomic mass is 10.3.